The Morgan fingerprint density at radius 3 is 2.27 bits per heavy atom. The Balaban J connectivity index is 1.94. The van der Waals surface area contributed by atoms with Gasteiger partial charge in [-0.15, -0.1) is 0 Å². The van der Waals surface area contributed by atoms with E-state index in [4.69, 9.17) is 14.2 Å². The lowest BCUT2D eigenvalue weighted by Crippen LogP contribution is -2.30. The molecule has 0 aliphatic heterocycles. The van der Waals surface area contributed by atoms with Gasteiger partial charge >= 0.3 is 12.1 Å². The van der Waals surface area contributed by atoms with Crippen LogP contribution in [-0.2, 0) is 11.3 Å². The molecule has 0 radical (unpaired) electrons. The maximum Gasteiger partial charge on any atom is 0.407 e. The number of methoxy groups -OCH3 is 2. The van der Waals surface area contributed by atoms with Crippen molar-refractivity contribution < 1.29 is 39.1 Å². The van der Waals surface area contributed by atoms with Gasteiger partial charge in [0.2, 0.25) is 0 Å². The molecule has 162 valence electrons. The minimum Gasteiger partial charge on any atom is -0.493 e. The summed E-state index contributed by atoms with van der Waals surface area (Å²) in [5.41, 5.74) is 0.575. The zero-order chi connectivity index (χ0) is 22.1. The summed E-state index contributed by atoms with van der Waals surface area (Å²) in [4.78, 5) is 23.3. The molecule has 0 saturated carbocycles. The van der Waals surface area contributed by atoms with Crippen molar-refractivity contribution in [2.45, 2.75) is 25.2 Å². The molecule has 0 spiro atoms. The average Bonchev–Trinajstić information content (AvgIpc) is 2.76. The molecule has 2 aromatic rings. The van der Waals surface area contributed by atoms with Crippen LogP contribution in [0.2, 0.25) is 0 Å². The lowest BCUT2D eigenvalue weighted by Gasteiger charge is -2.21. The van der Waals surface area contributed by atoms with E-state index in [-0.39, 0.29) is 42.2 Å². The number of rotatable bonds is 10. The van der Waals surface area contributed by atoms with Crippen molar-refractivity contribution in [2.75, 3.05) is 20.8 Å². The third-order valence-corrected chi connectivity index (χ3v) is 4.39. The van der Waals surface area contributed by atoms with Gasteiger partial charge in [-0.25, -0.2) is 9.59 Å². The second-order valence-electron chi connectivity index (χ2n) is 6.39. The fourth-order valence-electron chi connectivity index (χ4n) is 2.79. The highest BCUT2D eigenvalue weighted by Gasteiger charge is 2.26. The third-order valence-electron chi connectivity index (χ3n) is 4.39. The minimum atomic E-state index is -1.52. The number of carboxylic acid groups (broad SMARTS) is 1. The van der Waals surface area contributed by atoms with E-state index in [0.717, 1.165) is 5.56 Å². The summed E-state index contributed by atoms with van der Waals surface area (Å²) in [5, 5.41) is 32.6. The number of carboxylic acids is 1. The Morgan fingerprint density at radius 1 is 1.03 bits per heavy atom. The van der Waals surface area contributed by atoms with Crippen molar-refractivity contribution in [3.8, 4) is 11.5 Å². The minimum absolute atomic E-state index is 0.0154. The van der Waals surface area contributed by atoms with Crippen molar-refractivity contribution in [3.63, 3.8) is 0 Å². The van der Waals surface area contributed by atoms with Gasteiger partial charge in [-0.05, 0) is 24.1 Å². The van der Waals surface area contributed by atoms with E-state index in [1.807, 2.05) is 30.3 Å². The molecule has 0 aromatic heterocycles. The maximum atomic E-state index is 11.7. The summed E-state index contributed by atoms with van der Waals surface area (Å²) in [6, 6.07) is 11.7. The first-order valence-corrected chi connectivity index (χ1v) is 9.17. The molecule has 30 heavy (non-hydrogen) atoms. The molecular formula is C21H25NO8. The van der Waals surface area contributed by atoms with Crippen LogP contribution in [-0.4, -0.2) is 54.3 Å². The van der Waals surface area contributed by atoms with Gasteiger partial charge in [0, 0.05) is 12.1 Å². The van der Waals surface area contributed by atoms with Crippen molar-refractivity contribution >= 4 is 12.1 Å². The number of amides is 1. The van der Waals surface area contributed by atoms with Gasteiger partial charge in [-0.2, -0.15) is 0 Å². The Kier molecular flexibility index (Phi) is 8.45. The van der Waals surface area contributed by atoms with Crippen molar-refractivity contribution in [1.82, 2.24) is 5.32 Å². The summed E-state index contributed by atoms with van der Waals surface area (Å²) in [5.74, 6) is -0.894. The molecule has 4 N–H and O–H groups in total. The van der Waals surface area contributed by atoms with Gasteiger partial charge in [0.1, 0.15) is 12.7 Å². The number of hydrogen-bond acceptors (Lipinski definition) is 7. The van der Waals surface area contributed by atoms with Gasteiger partial charge in [-0.1, -0.05) is 30.3 Å². The second kappa shape index (κ2) is 11.0. The zero-order valence-electron chi connectivity index (χ0n) is 16.7. The molecule has 0 heterocycles. The number of ether oxygens (including phenoxy) is 3. The van der Waals surface area contributed by atoms with E-state index in [0.29, 0.717) is 0 Å². The number of carbonyl (C=O) groups is 2. The molecule has 9 nitrogen and oxygen atoms in total. The Hall–Kier alpha value is -3.30. The molecular weight excluding hydrogens is 394 g/mol. The number of nitrogens with one attached hydrogen (secondary N) is 1. The fraction of sp³-hybridized carbons (Fsp3) is 0.333. The SMILES string of the molecule is COc1cc(C(=O)O)c(C(O)C(O)CCNC(=O)OCc2ccccc2)cc1OC. The monoisotopic (exact) mass is 419 g/mol. The van der Waals surface area contributed by atoms with Crippen molar-refractivity contribution in [3.05, 3.63) is 59.2 Å². The van der Waals surface area contributed by atoms with Crippen LogP contribution in [0.1, 0.15) is 34.0 Å². The van der Waals surface area contributed by atoms with Crippen molar-refractivity contribution in [1.29, 1.82) is 0 Å². The third kappa shape index (κ3) is 6.10. The van der Waals surface area contributed by atoms with E-state index < -0.39 is 24.3 Å². The van der Waals surface area contributed by atoms with Crippen LogP contribution in [0.15, 0.2) is 42.5 Å². The molecule has 0 bridgehead atoms. The quantitative estimate of drug-likeness (QED) is 0.460. The Labute approximate surface area is 173 Å². The molecule has 1 amide bonds. The van der Waals surface area contributed by atoms with E-state index in [2.05, 4.69) is 5.32 Å². The second-order valence-corrected chi connectivity index (χ2v) is 6.39. The van der Waals surface area contributed by atoms with Crippen LogP contribution in [0.25, 0.3) is 0 Å². The molecule has 2 rings (SSSR count). The van der Waals surface area contributed by atoms with Gasteiger partial charge in [0.05, 0.1) is 25.9 Å². The van der Waals surface area contributed by atoms with E-state index in [1.54, 1.807) is 0 Å². The largest absolute Gasteiger partial charge is 0.493 e. The summed E-state index contributed by atoms with van der Waals surface area (Å²) < 4.78 is 15.3. The maximum absolute atomic E-state index is 11.7. The summed E-state index contributed by atoms with van der Waals surface area (Å²) in [6.07, 6.45) is -3.55. The van der Waals surface area contributed by atoms with E-state index in [9.17, 15) is 24.9 Å². The van der Waals surface area contributed by atoms with Crippen LogP contribution < -0.4 is 14.8 Å². The number of aliphatic hydroxyl groups is 2. The molecule has 2 atom stereocenters. The highest BCUT2D eigenvalue weighted by molar-refractivity contribution is 5.90. The van der Waals surface area contributed by atoms with Gasteiger partial charge in [-0.3, -0.25) is 0 Å². The van der Waals surface area contributed by atoms with E-state index in [1.165, 1.54) is 26.4 Å². The van der Waals surface area contributed by atoms with Crippen LogP contribution in [0, 0.1) is 0 Å². The van der Waals surface area contributed by atoms with Crippen LogP contribution >= 0.6 is 0 Å². The Morgan fingerprint density at radius 2 is 1.67 bits per heavy atom. The predicted octanol–water partition coefficient (Wildman–Crippen LogP) is 2.11. The van der Waals surface area contributed by atoms with Gasteiger partial charge in [0.25, 0.3) is 0 Å². The van der Waals surface area contributed by atoms with Gasteiger partial charge in [0.15, 0.2) is 11.5 Å². The average molecular weight is 419 g/mol. The molecule has 0 aliphatic carbocycles. The molecule has 0 saturated heterocycles. The first kappa shape index (κ1) is 23.0. The Bertz CT molecular complexity index is 856. The van der Waals surface area contributed by atoms with Crippen LogP contribution in [0.4, 0.5) is 4.79 Å². The smallest absolute Gasteiger partial charge is 0.407 e. The summed E-state index contributed by atoms with van der Waals surface area (Å²) >= 11 is 0. The zero-order valence-corrected chi connectivity index (χ0v) is 16.7. The lowest BCUT2D eigenvalue weighted by atomic mass is 9.96. The van der Waals surface area contributed by atoms with Crippen LogP contribution in [0.3, 0.4) is 0 Å². The van der Waals surface area contributed by atoms with Crippen LogP contribution in [0.5, 0.6) is 11.5 Å². The number of aliphatic hydroxyl groups excluding tert-OH is 2. The van der Waals surface area contributed by atoms with E-state index >= 15 is 0 Å². The number of hydrogen-bond donors (Lipinski definition) is 4. The first-order chi connectivity index (χ1) is 14.4. The number of carbonyl (C=O) groups excluding carboxylic acids is 1. The lowest BCUT2D eigenvalue weighted by molar-refractivity contribution is 0.0126. The topological polar surface area (TPSA) is 135 Å². The predicted molar refractivity (Wildman–Crippen MR) is 107 cm³/mol. The van der Waals surface area contributed by atoms with Gasteiger partial charge < -0.3 is 34.8 Å². The molecule has 2 unspecified atom stereocenters. The standard InChI is InChI=1S/C21H25NO8/c1-28-17-10-14(15(20(25)26)11-18(17)29-2)19(24)16(23)8-9-22-21(27)30-12-13-6-4-3-5-7-13/h3-7,10-11,16,19,23-24H,8-9,12H2,1-2H3,(H,22,27)(H,25,26). The van der Waals surface area contributed by atoms with Crippen molar-refractivity contribution in [2.24, 2.45) is 0 Å². The summed E-state index contributed by atoms with van der Waals surface area (Å²) in [7, 11) is 2.73. The fourth-order valence-corrected chi connectivity index (χ4v) is 2.79. The number of benzene rings is 2. The molecule has 0 fully saturated rings. The normalized spacial score (nSPS) is 12.5. The molecule has 2 aromatic carbocycles. The first-order valence-electron chi connectivity index (χ1n) is 9.17. The summed E-state index contributed by atoms with van der Waals surface area (Å²) in [6.45, 7) is 0.118. The molecule has 9 heteroatoms. The number of alkyl carbamates (subject to hydrolysis) is 1. The highest BCUT2D eigenvalue weighted by atomic mass is 16.5. The highest BCUT2D eigenvalue weighted by Crippen LogP contribution is 2.34. The number of aromatic carboxylic acids is 1. The molecule has 0 aliphatic rings.